The van der Waals surface area contributed by atoms with Crippen LogP contribution in [0.1, 0.15) is 18.4 Å². The number of amides is 1. The van der Waals surface area contributed by atoms with Crippen molar-refractivity contribution in [1.82, 2.24) is 20.5 Å². The fraction of sp³-hybridized carbons (Fsp3) is 0.296. The van der Waals surface area contributed by atoms with Gasteiger partial charge in [-0.25, -0.2) is 0 Å². The summed E-state index contributed by atoms with van der Waals surface area (Å²) in [6, 6.07) is 20.0. The van der Waals surface area contributed by atoms with Crippen LogP contribution in [0.3, 0.4) is 0 Å². The number of carbonyl (C=O) groups excluding carboxylic acids is 1. The maximum Gasteiger partial charge on any atom is 0.224 e. The molecule has 3 heterocycles. The summed E-state index contributed by atoms with van der Waals surface area (Å²) in [5, 5.41) is 13.2. The molecule has 174 valence electrons. The first-order valence-corrected chi connectivity index (χ1v) is 11.8. The second-order valence-corrected chi connectivity index (χ2v) is 8.66. The molecule has 4 aromatic rings. The number of nitrogens with zero attached hydrogens (tertiary/aromatic N) is 3. The Hall–Kier alpha value is -3.87. The zero-order chi connectivity index (χ0) is 23.3. The van der Waals surface area contributed by atoms with E-state index in [1.165, 1.54) is 10.9 Å². The highest BCUT2D eigenvalue weighted by molar-refractivity contribution is 5.83. The molecule has 0 unspecified atom stereocenters. The number of benzene rings is 2. The molecule has 0 aliphatic carbocycles. The molecule has 2 N–H and O–H groups in total. The number of aromatic amines is 1. The van der Waals surface area contributed by atoms with E-state index < -0.39 is 0 Å². The summed E-state index contributed by atoms with van der Waals surface area (Å²) in [5.41, 5.74) is 4.04. The Bertz CT molecular complexity index is 1270. The largest absolute Gasteiger partial charge is 0.496 e. The van der Waals surface area contributed by atoms with Gasteiger partial charge in [-0.1, -0.05) is 30.3 Å². The van der Waals surface area contributed by atoms with E-state index >= 15 is 0 Å². The normalized spacial score (nSPS) is 15.9. The van der Waals surface area contributed by atoms with Gasteiger partial charge in [0.2, 0.25) is 5.91 Å². The molecule has 1 aliphatic rings. The Morgan fingerprint density at radius 1 is 1.12 bits per heavy atom. The summed E-state index contributed by atoms with van der Waals surface area (Å²) in [6.45, 7) is 2.16. The number of hydrogen-bond acceptors (Lipinski definition) is 5. The maximum atomic E-state index is 12.9. The maximum absolute atomic E-state index is 12.9. The molecular formula is C27H29N5O2. The summed E-state index contributed by atoms with van der Waals surface area (Å²) in [6.07, 6.45) is 4.69. The van der Waals surface area contributed by atoms with Crippen LogP contribution in [0.5, 0.6) is 5.75 Å². The van der Waals surface area contributed by atoms with Crippen LogP contribution in [0.4, 0.5) is 5.82 Å². The lowest BCUT2D eigenvalue weighted by atomic mass is 9.97. The number of anilines is 1. The molecule has 1 atom stereocenters. The van der Waals surface area contributed by atoms with E-state index in [2.05, 4.69) is 37.5 Å². The number of piperidine rings is 1. The second kappa shape index (κ2) is 9.95. The first-order chi connectivity index (χ1) is 16.7. The van der Waals surface area contributed by atoms with E-state index in [1.807, 2.05) is 54.7 Å². The molecule has 0 bridgehead atoms. The number of methoxy groups -OCH3 is 1. The topological polar surface area (TPSA) is 83.1 Å². The molecule has 34 heavy (non-hydrogen) atoms. The highest BCUT2D eigenvalue weighted by Gasteiger charge is 2.26. The van der Waals surface area contributed by atoms with Gasteiger partial charge in [-0.2, -0.15) is 0 Å². The van der Waals surface area contributed by atoms with Crippen molar-refractivity contribution in [3.63, 3.8) is 0 Å². The predicted molar refractivity (Wildman–Crippen MR) is 134 cm³/mol. The predicted octanol–water partition coefficient (Wildman–Crippen LogP) is 4.21. The van der Waals surface area contributed by atoms with Crippen molar-refractivity contribution in [2.45, 2.75) is 19.3 Å². The zero-order valence-corrected chi connectivity index (χ0v) is 19.3. The zero-order valence-electron chi connectivity index (χ0n) is 19.3. The Labute approximate surface area is 199 Å². The van der Waals surface area contributed by atoms with E-state index in [1.54, 1.807) is 7.11 Å². The number of rotatable bonds is 7. The van der Waals surface area contributed by atoms with Gasteiger partial charge < -0.3 is 19.9 Å². The molecule has 0 radical (unpaired) electrons. The fourth-order valence-electron chi connectivity index (χ4n) is 4.70. The molecule has 0 saturated carbocycles. The van der Waals surface area contributed by atoms with E-state index in [-0.39, 0.29) is 11.8 Å². The number of fused-ring (bicyclic) bond motifs is 1. The summed E-state index contributed by atoms with van der Waals surface area (Å²) in [7, 11) is 1.65. The van der Waals surface area contributed by atoms with Gasteiger partial charge in [0.05, 0.1) is 18.7 Å². The summed E-state index contributed by atoms with van der Waals surface area (Å²) < 4.78 is 5.44. The summed E-state index contributed by atoms with van der Waals surface area (Å²) in [4.78, 5) is 18.3. The minimum Gasteiger partial charge on any atom is -0.496 e. The van der Waals surface area contributed by atoms with Crippen LogP contribution >= 0.6 is 0 Å². The summed E-state index contributed by atoms with van der Waals surface area (Å²) in [5.74, 6) is 1.64. The number of aromatic nitrogens is 3. The second-order valence-electron chi connectivity index (χ2n) is 8.66. The number of hydrogen-bond donors (Lipinski definition) is 2. The van der Waals surface area contributed by atoms with Crippen molar-refractivity contribution in [3.8, 4) is 17.0 Å². The average molecular weight is 456 g/mol. The molecule has 7 nitrogen and oxygen atoms in total. The van der Waals surface area contributed by atoms with Gasteiger partial charge in [0, 0.05) is 42.3 Å². The van der Waals surface area contributed by atoms with Crippen LogP contribution in [0.25, 0.3) is 22.2 Å². The highest BCUT2D eigenvalue weighted by atomic mass is 16.5. The molecule has 2 aromatic heterocycles. The Kier molecular flexibility index (Phi) is 6.42. The van der Waals surface area contributed by atoms with Crippen molar-refractivity contribution >= 4 is 22.6 Å². The Morgan fingerprint density at radius 2 is 1.97 bits per heavy atom. The molecular weight excluding hydrogens is 426 g/mol. The number of para-hydroxylation sites is 2. The third-order valence-corrected chi connectivity index (χ3v) is 6.52. The van der Waals surface area contributed by atoms with E-state index in [4.69, 9.17) is 4.74 Å². The van der Waals surface area contributed by atoms with Crippen LogP contribution in [0, 0.1) is 5.92 Å². The smallest absolute Gasteiger partial charge is 0.224 e. The van der Waals surface area contributed by atoms with E-state index in [9.17, 15) is 4.79 Å². The lowest BCUT2D eigenvalue weighted by Gasteiger charge is -2.32. The average Bonchev–Trinajstić information content (AvgIpc) is 3.32. The first kappa shape index (κ1) is 21.9. The SMILES string of the molecule is COc1ccccc1-c1ccc(N2CCC[C@H](C(=O)NCCc3c[nH]c4ccccc34)C2)nn1. The van der Waals surface area contributed by atoms with Gasteiger partial charge in [0.25, 0.3) is 0 Å². The van der Waals surface area contributed by atoms with Crippen LogP contribution < -0.4 is 15.0 Å². The van der Waals surface area contributed by atoms with Crippen molar-refractivity contribution in [3.05, 3.63) is 72.4 Å². The van der Waals surface area contributed by atoms with Crippen molar-refractivity contribution < 1.29 is 9.53 Å². The minimum absolute atomic E-state index is 0.0487. The van der Waals surface area contributed by atoms with E-state index in [0.29, 0.717) is 13.1 Å². The van der Waals surface area contributed by atoms with Crippen LogP contribution in [-0.4, -0.2) is 47.8 Å². The van der Waals surface area contributed by atoms with Crippen LogP contribution in [0.15, 0.2) is 66.9 Å². The van der Waals surface area contributed by atoms with Crippen LogP contribution in [-0.2, 0) is 11.2 Å². The lowest BCUT2D eigenvalue weighted by molar-refractivity contribution is -0.125. The molecule has 1 amide bonds. The number of carbonyl (C=O) groups is 1. The third kappa shape index (κ3) is 4.59. The Balaban J connectivity index is 1.18. The first-order valence-electron chi connectivity index (χ1n) is 11.8. The molecule has 1 saturated heterocycles. The monoisotopic (exact) mass is 455 g/mol. The molecule has 2 aromatic carbocycles. The number of ether oxygens (including phenoxy) is 1. The Morgan fingerprint density at radius 3 is 2.82 bits per heavy atom. The van der Waals surface area contributed by atoms with Gasteiger partial charge >= 0.3 is 0 Å². The molecule has 0 spiro atoms. The standard InChI is InChI=1S/C27H29N5O2/c1-34-25-11-5-3-9-22(25)24-12-13-26(31-30-24)32-16-6-7-20(18-32)27(33)28-15-14-19-17-29-23-10-4-2-8-21(19)23/h2-5,8-13,17,20,29H,6-7,14-16,18H2,1H3,(H,28,33)/t20-/m0/s1. The van der Waals surface area contributed by atoms with Gasteiger partial charge in [-0.3, -0.25) is 4.79 Å². The third-order valence-electron chi connectivity index (χ3n) is 6.52. The minimum atomic E-state index is -0.0487. The van der Waals surface area contributed by atoms with Gasteiger partial charge in [0.1, 0.15) is 5.75 Å². The quantitative estimate of drug-likeness (QED) is 0.436. The van der Waals surface area contributed by atoms with Crippen molar-refractivity contribution in [2.24, 2.45) is 5.92 Å². The fourth-order valence-corrected chi connectivity index (χ4v) is 4.70. The lowest BCUT2D eigenvalue weighted by Crippen LogP contribution is -2.43. The molecule has 5 rings (SSSR count). The molecule has 1 fully saturated rings. The summed E-state index contributed by atoms with van der Waals surface area (Å²) >= 11 is 0. The molecule has 1 aliphatic heterocycles. The highest BCUT2D eigenvalue weighted by Crippen LogP contribution is 2.29. The number of H-pyrrole nitrogens is 1. The van der Waals surface area contributed by atoms with Crippen molar-refractivity contribution in [2.75, 3.05) is 31.6 Å². The van der Waals surface area contributed by atoms with Crippen molar-refractivity contribution in [1.29, 1.82) is 0 Å². The van der Waals surface area contributed by atoms with Crippen LogP contribution in [0.2, 0.25) is 0 Å². The van der Waals surface area contributed by atoms with Gasteiger partial charge in [-0.05, 0) is 55.2 Å². The van der Waals surface area contributed by atoms with Gasteiger partial charge in [0.15, 0.2) is 5.82 Å². The molecule has 7 heteroatoms. The number of nitrogens with one attached hydrogen (secondary N) is 2. The van der Waals surface area contributed by atoms with E-state index in [0.717, 1.165) is 54.1 Å². The van der Waals surface area contributed by atoms with Gasteiger partial charge in [-0.15, -0.1) is 10.2 Å².